The van der Waals surface area contributed by atoms with Gasteiger partial charge >= 0.3 is 0 Å². The number of hydrogen-bond donors (Lipinski definition) is 2. The standard InChI is InChI=1S/C13H22N4.C9H11NO2/c1-10-9-12(17(2)3)16-13(14-10)15-11-7-5-4-6-8-11;1-12-9-4-2-3-8(5-9)6-10-7-11/h9,11H,4-8H2,1-3H3,(H,14,15,16);2-5,7H,6H2,1H3,(H,10,11). The normalized spacial score (nSPS) is 13.7. The first kappa shape index (κ1) is 22.5. The van der Waals surface area contributed by atoms with E-state index in [2.05, 4.69) is 20.6 Å². The summed E-state index contributed by atoms with van der Waals surface area (Å²) in [6.07, 6.45) is 7.19. The molecule has 3 rings (SSSR count). The van der Waals surface area contributed by atoms with Crippen molar-refractivity contribution < 1.29 is 9.53 Å². The molecule has 158 valence electrons. The van der Waals surface area contributed by atoms with E-state index in [0.29, 0.717) is 19.0 Å². The van der Waals surface area contributed by atoms with Gasteiger partial charge in [-0.05, 0) is 37.5 Å². The molecule has 1 aliphatic carbocycles. The zero-order valence-corrected chi connectivity index (χ0v) is 17.9. The number of aromatic nitrogens is 2. The molecule has 0 radical (unpaired) electrons. The van der Waals surface area contributed by atoms with Gasteiger partial charge in [-0.3, -0.25) is 4.79 Å². The molecule has 7 heteroatoms. The van der Waals surface area contributed by atoms with Gasteiger partial charge in [0.25, 0.3) is 0 Å². The molecule has 29 heavy (non-hydrogen) atoms. The molecule has 2 aromatic rings. The monoisotopic (exact) mass is 399 g/mol. The molecular weight excluding hydrogens is 366 g/mol. The highest BCUT2D eigenvalue weighted by Crippen LogP contribution is 2.21. The van der Waals surface area contributed by atoms with Crippen molar-refractivity contribution in [1.82, 2.24) is 15.3 Å². The first-order valence-electron chi connectivity index (χ1n) is 10.1. The highest BCUT2D eigenvalue weighted by Gasteiger charge is 2.14. The third-order valence-corrected chi connectivity index (χ3v) is 4.76. The number of carbonyl (C=O) groups excluding carboxylic acids is 1. The molecule has 7 nitrogen and oxygen atoms in total. The number of amides is 1. The summed E-state index contributed by atoms with van der Waals surface area (Å²) in [7, 11) is 5.63. The minimum Gasteiger partial charge on any atom is -0.497 e. The summed E-state index contributed by atoms with van der Waals surface area (Å²) in [5, 5.41) is 6.05. The molecule has 1 aromatic heterocycles. The summed E-state index contributed by atoms with van der Waals surface area (Å²) in [5.41, 5.74) is 2.04. The Balaban J connectivity index is 0.000000221. The van der Waals surface area contributed by atoms with E-state index in [0.717, 1.165) is 28.8 Å². The van der Waals surface area contributed by atoms with Gasteiger partial charge in [-0.2, -0.15) is 4.98 Å². The Labute approximate surface area is 173 Å². The number of aryl methyl sites for hydroxylation is 1. The molecule has 1 aliphatic rings. The lowest BCUT2D eigenvalue weighted by Gasteiger charge is -2.23. The fraction of sp³-hybridized carbons (Fsp3) is 0.500. The number of hydrogen-bond acceptors (Lipinski definition) is 6. The average Bonchev–Trinajstić information content (AvgIpc) is 2.73. The van der Waals surface area contributed by atoms with Crippen molar-refractivity contribution in [3.05, 3.63) is 41.6 Å². The van der Waals surface area contributed by atoms with E-state index in [-0.39, 0.29) is 0 Å². The zero-order chi connectivity index (χ0) is 21.1. The summed E-state index contributed by atoms with van der Waals surface area (Å²) in [5.74, 6) is 2.55. The Morgan fingerprint density at radius 3 is 2.59 bits per heavy atom. The number of carbonyl (C=O) groups is 1. The van der Waals surface area contributed by atoms with Crippen molar-refractivity contribution in [2.75, 3.05) is 31.4 Å². The van der Waals surface area contributed by atoms with E-state index in [1.165, 1.54) is 32.1 Å². The van der Waals surface area contributed by atoms with Crippen LogP contribution < -0.4 is 20.3 Å². The van der Waals surface area contributed by atoms with Crippen LogP contribution in [0.1, 0.15) is 43.4 Å². The van der Waals surface area contributed by atoms with Crippen LogP contribution in [0.2, 0.25) is 0 Å². The van der Waals surface area contributed by atoms with Crippen molar-refractivity contribution in [3.63, 3.8) is 0 Å². The van der Waals surface area contributed by atoms with E-state index >= 15 is 0 Å². The Hall–Kier alpha value is -2.83. The van der Waals surface area contributed by atoms with Crippen LogP contribution in [0.3, 0.4) is 0 Å². The lowest BCUT2D eigenvalue weighted by molar-refractivity contribution is -0.109. The number of nitrogens with zero attached hydrogens (tertiary/aromatic N) is 3. The van der Waals surface area contributed by atoms with Crippen LogP contribution >= 0.6 is 0 Å². The first-order valence-corrected chi connectivity index (χ1v) is 10.1. The van der Waals surface area contributed by atoms with Crippen molar-refractivity contribution in [2.45, 2.75) is 51.6 Å². The highest BCUT2D eigenvalue weighted by atomic mass is 16.5. The number of ether oxygens (including phenoxy) is 1. The van der Waals surface area contributed by atoms with Crippen molar-refractivity contribution >= 4 is 18.2 Å². The lowest BCUT2D eigenvalue weighted by Crippen LogP contribution is -2.24. The largest absolute Gasteiger partial charge is 0.497 e. The summed E-state index contributed by atoms with van der Waals surface area (Å²) < 4.78 is 5.02. The number of rotatable bonds is 7. The lowest BCUT2D eigenvalue weighted by atomic mass is 9.96. The molecule has 1 aromatic carbocycles. The smallest absolute Gasteiger partial charge is 0.225 e. The quantitative estimate of drug-likeness (QED) is 0.694. The second-order valence-corrected chi connectivity index (χ2v) is 7.42. The molecular formula is C22H33N5O2. The van der Waals surface area contributed by atoms with E-state index in [1.54, 1.807) is 7.11 Å². The highest BCUT2D eigenvalue weighted by molar-refractivity contribution is 5.46. The summed E-state index contributed by atoms with van der Waals surface area (Å²) >= 11 is 0. The summed E-state index contributed by atoms with van der Waals surface area (Å²) in [6.45, 7) is 2.56. The molecule has 0 saturated heterocycles. The number of anilines is 2. The van der Waals surface area contributed by atoms with Gasteiger partial charge in [0.05, 0.1) is 7.11 Å². The predicted octanol–water partition coefficient (Wildman–Crippen LogP) is 3.54. The predicted molar refractivity (Wildman–Crippen MR) is 117 cm³/mol. The average molecular weight is 400 g/mol. The fourth-order valence-corrected chi connectivity index (χ4v) is 3.22. The molecule has 0 unspecified atom stereocenters. The van der Waals surface area contributed by atoms with Crippen LogP contribution in [0.4, 0.5) is 11.8 Å². The fourth-order valence-electron chi connectivity index (χ4n) is 3.22. The van der Waals surface area contributed by atoms with Gasteiger partial charge in [0.15, 0.2) is 0 Å². The van der Waals surface area contributed by atoms with Gasteiger partial charge in [0.2, 0.25) is 12.4 Å². The van der Waals surface area contributed by atoms with Crippen LogP contribution in [-0.4, -0.2) is 43.6 Å². The molecule has 1 amide bonds. The van der Waals surface area contributed by atoms with E-state index in [9.17, 15) is 4.79 Å². The molecule has 2 N–H and O–H groups in total. The molecule has 1 fully saturated rings. The van der Waals surface area contributed by atoms with Gasteiger partial charge in [-0.15, -0.1) is 0 Å². The number of nitrogens with one attached hydrogen (secondary N) is 2. The summed E-state index contributed by atoms with van der Waals surface area (Å²) in [4.78, 5) is 21.0. The summed E-state index contributed by atoms with van der Waals surface area (Å²) in [6, 6.07) is 10.1. The Morgan fingerprint density at radius 1 is 1.17 bits per heavy atom. The van der Waals surface area contributed by atoms with E-state index < -0.39 is 0 Å². The van der Waals surface area contributed by atoms with Crippen LogP contribution in [0.25, 0.3) is 0 Å². The van der Waals surface area contributed by atoms with Gasteiger partial charge in [0, 0.05) is 38.4 Å². The van der Waals surface area contributed by atoms with E-state index in [1.807, 2.05) is 56.3 Å². The van der Waals surface area contributed by atoms with Crippen LogP contribution in [-0.2, 0) is 11.3 Å². The number of methoxy groups -OCH3 is 1. The Bertz CT molecular complexity index is 761. The maximum absolute atomic E-state index is 9.99. The number of benzene rings is 1. The molecule has 1 saturated carbocycles. The minimum absolute atomic E-state index is 0.542. The van der Waals surface area contributed by atoms with Crippen molar-refractivity contribution in [1.29, 1.82) is 0 Å². The molecule has 0 aliphatic heterocycles. The van der Waals surface area contributed by atoms with Gasteiger partial charge in [0.1, 0.15) is 11.6 Å². The van der Waals surface area contributed by atoms with E-state index in [4.69, 9.17) is 4.74 Å². The molecule has 0 bridgehead atoms. The topological polar surface area (TPSA) is 79.4 Å². The zero-order valence-electron chi connectivity index (χ0n) is 17.9. The van der Waals surface area contributed by atoms with Crippen LogP contribution in [0, 0.1) is 6.92 Å². The maximum Gasteiger partial charge on any atom is 0.225 e. The second kappa shape index (κ2) is 11.9. The third kappa shape index (κ3) is 7.97. The van der Waals surface area contributed by atoms with Crippen molar-refractivity contribution in [3.8, 4) is 5.75 Å². The molecule has 1 heterocycles. The van der Waals surface area contributed by atoms with Crippen molar-refractivity contribution in [2.24, 2.45) is 0 Å². The van der Waals surface area contributed by atoms with Crippen LogP contribution in [0.15, 0.2) is 30.3 Å². The Kier molecular flexibility index (Phi) is 9.21. The minimum atomic E-state index is 0.542. The first-order chi connectivity index (χ1) is 14.0. The third-order valence-electron chi connectivity index (χ3n) is 4.76. The van der Waals surface area contributed by atoms with Crippen LogP contribution in [0.5, 0.6) is 5.75 Å². The second-order valence-electron chi connectivity index (χ2n) is 7.42. The Morgan fingerprint density at radius 2 is 1.93 bits per heavy atom. The van der Waals surface area contributed by atoms with Gasteiger partial charge in [-0.1, -0.05) is 31.4 Å². The van der Waals surface area contributed by atoms with Gasteiger partial charge in [-0.25, -0.2) is 4.98 Å². The maximum atomic E-state index is 9.99. The SMILES string of the molecule is COc1cccc(CNC=O)c1.Cc1cc(N(C)C)nc(NC2CCCCC2)n1. The molecule has 0 atom stereocenters. The van der Waals surface area contributed by atoms with Gasteiger partial charge < -0.3 is 20.3 Å². The molecule has 0 spiro atoms.